The van der Waals surface area contributed by atoms with E-state index in [0.29, 0.717) is 5.69 Å². The van der Waals surface area contributed by atoms with Gasteiger partial charge in [-0.1, -0.05) is 0 Å². The molecule has 1 saturated heterocycles. The maximum Gasteiger partial charge on any atom is 0.339 e. The Morgan fingerprint density at radius 3 is 2.43 bits per heavy atom. The summed E-state index contributed by atoms with van der Waals surface area (Å²) in [6, 6.07) is 3.66. The monoisotopic (exact) mass is 296 g/mol. The van der Waals surface area contributed by atoms with E-state index in [1.54, 1.807) is 0 Å². The molecule has 0 aromatic heterocycles. The highest BCUT2D eigenvalue weighted by molar-refractivity contribution is 5.94. The minimum absolute atomic E-state index is 0.0116. The first-order valence-electron chi connectivity index (χ1n) is 6.25. The number of methoxy groups -OCH3 is 1. The fourth-order valence-electron chi connectivity index (χ4n) is 2.08. The molecule has 114 valence electrons. The molecule has 1 aromatic rings. The Morgan fingerprint density at radius 1 is 1.29 bits per heavy atom. The standard InChI is InChI=1S/C13H16N2O6/c1-21-11-4-7(2-3-8(11)12(18)19)14-13(20)15-5-9(16)10(17)6-15/h2-4,9-10,16-17H,5-6H2,1H3,(H,14,20)(H,18,19). The number of benzene rings is 1. The predicted molar refractivity (Wildman–Crippen MR) is 72.6 cm³/mol. The molecule has 2 atom stereocenters. The number of anilines is 1. The van der Waals surface area contributed by atoms with E-state index in [2.05, 4.69) is 5.32 Å². The van der Waals surface area contributed by atoms with E-state index in [1.807, 2.05) is 0 Å². The highest BCUT2D eigenvalue weighted by Crippen LogP contribution is 2.23. The van der Waals surface area contributed by atoms with Gasteiger partial charge in [0, 0.05) is 11.8 Å². The summed E-state index contributed by atoms with van der Waals surface area (Å²) in [6.07, 6.45) is -1.92. The van der Waals surface area contributed by atoms with Crippen molar-refractivity contribution in [3.63, 3.8) is 0 Å². The van der Waals surface area contributed by atoms with Crippen LogP contribution in [-0.4, -0.2) is 64.6 Å². The predicted octanol–water partition coefficient (Wildman–Crippen LogP) is -0.0373. The van der Waals surface area contributed by atoms with Gasteiger partial charge in [-0.25, -0.2) is 9.59 Å². The van der Waals surface area contributed by atoms with Crippen molar-refractivity contribution in [2.45, 2.75) is 12.2 Å². The second kappa shape index (κ2) is 5.98. The average molecular weight is 296 g/mol. The number of carboxylic acid groups (broad SMARTS) is 1. The number of aliphatic hydroxyl groups is 2. The number of aliphatic hydroxyl groups excluding tert-OH is 2. The molecule has 1 aliphatic rings. The summed E-state index contributed by atoms with van der Waals surface area (Å²) in [5, 5.41) is 30.3. The number of aromatic carboxylic acids is 1. The number of urea groups is 1. The third-order valence-electron chi connectivity index (χ3n) is 3.23. The molecule has 21 heavy (non-hydrogen) atoms. The number of ether oxygens (including phenoxy) is 1. The van der Waals surface area contributed by atoms with Crippen LogP contribution in [0.5, 0.6) is 5.75 Å². The molecule has 0 radical (unpaired) electrons. The van der Waals surface area contributed by atoms with Crippen molar-refractivity contribution in [2.24, 2.45) is 0 Å². The first-order chi connectivity index (χ1) is 9.92. The summed E-state index contributed by atoms with van der Waals surface area (Å²) in [5.41, 5.74) is 0.347. The van der Waals surface area contributed by atoms with Gasteiger partial charge in [0.05, 0.1) is 32.4 Å². The second-order valence-electron chi connectivity index (χ2n) is 4.69. The van der Waals surface area contributed by atoms with Crippen molar-refractivity contribution in [1.82, 2.24) is 4.90 Å². The van der Waals surface area contributed by atoms with Crippen LogP contribution in [0.4, 0.5) is 10.5 Å². The third-order valence-corrected chi connectivity index (χ3v) is 3.23. The van der Waals surface area contributed by atoms with Crippen LogP contribution in [0.3, 0.4) is 0 Å². The minimum atomic E-state index is -1.13. The zero-order valence-corrected chi connectivity index (χ0v) is 11.3. The smallest absolute Gasteiger partial charge is 0.339 e. The minimum Gasteiger partial charge on any atom is -0.496 e. The molecule has 1 fully saturated rings. The molecule has 4 N–H and O–H groups in total. The lowest BCUT2D eigenvalue weighted by Gasteiger charge is -2.17. The summed E-state index contributed by atoms with van der Waals surface area (Å²) >= 11 is 0. The molecular weight excluding hydrogens is 280 g/mol. The zero-order chi connectivity index (χ0) is 15.6. The number of hydrogen-bond acceptors (Lipinski definition) is 5. The van der Waals surface area contributed by atoms with Crippen LogP contribution >= 0.6 is 0 Å². The first-order valence-corrected chi connectivity index (χ1v) is 6.25. The fourth-order valence-corrected chi connectivity index (χ4v) is 2.08. The van der Waals surface area contributed by atoms with Crippen molar-refractivity contribution in [2.75, 3.05) is 25.5 Å². The first kappa shape index (κ1) is 15.1. The van der Waals surface area contributed by atoms with E-state index in [4.69, 9.17) is 9.84 Å². The molecule has 2 unspecified atom stereocenters. The highest BCUT2D eigenvalue weighted by atomic mass is 16.5. The van der Waals surface area contributed by atoms with Gasteiger partial charge in [-0.3, -0.25) is 0 Å². The van der Waals surface area contributed by atoms with E-state index < -0.39 is 24.2 Å². The van der Waals surface area contributed by atoms with Crippen LogP contribution in [0.1, 0.15) is 10.4 Å². The number of β-amino-alcohol motifs (C(OH)–C–C–N with tert-alkyl or cyclic N) is 2. The summed E-state index contributed by atoms with van der Waals surface area (Å²) in [6.45, 7) is 0.0781. The van der Waals surface area contributed by atoms with Crippen LogP contribution in [0.25, 0.3) is 0 Å². The van der Waals surface area contributed by atoms with Gasteiger partial charge in [0.2, 0.25) is 0 Å². The Balaban J connectivity index is 2.09. The van der Waals surface area contributed by atoms with E-state index >= 15 is 0 Å². The Morgan fingerprint density at radius 2 is 1.90 bits per heavy atom. The number of carboxylic acids is 1. The number of carbonyl (C=O) groups excluding carboxylic acids is 1. The van der Waals surface area contributed by atoms with E-state index in [0.717, 1.165) is 0 Å². The largest absolute Gasteiger partial charge is 0.496 e. The molecular formula is C13H16N2O6. The van der Waals surface area contributed by atoms with Gasteiger partial charge in [-0.15, -0.1) is 0 Å². The van der Waals surface area contributed by atoms with Crippen LogP contribution in [0.2, 0.25) is 0 Å². The number of likely N-dealkylation sites (tertiary alicyclic amines) is 1. The maximum atomic E-state index is 12.0. The van der Waals surface area contributed by atoms with Gasteiger partial charge in [0.1, 0.15) is 11.3 Å². The van der Waals surface area contributed by atoms with Crippen LogP contribution in [-0.2, 0) is 0 Å². The topological polar surface area (TPSA) is 119 Å². The average Bonchev–Trinajstić information content (AvgIpc) is 2.78. The van der Waals surface area contributed by atoms with Crippen LogP contribution in [0, 0.1) is 0 Å². The maximum absolute atomic E-state index is 12.0. The number of carbonyl (C=O) groups is 2. The molecule has 0 bridgehead atoms. The van der Waals surface area contributed by atoms with Crippen molar-refractivity contribution in [3.05, 3.63) is 23.8 Å². The normalized spacial score (nSPS) is 21.2. The van der Waals surface area contributed by atoms with Crippen LogP contribution < -0.4 is 10.1 Å². The lowest BCUT2D eigenvalue weighted by molar-refractivity contribution is 0.0572. The van der Waals surface area contributed by atoms with Crippen molar-refractivity contribution in [1.29, 1.82) is 0 Å². The Labute approximate surface area is 120 Å². The number of nitrogens with zero attached hydrogens (tertiary/aromatic N) is 1. The molecule has 1 aliphatic heterocycles. The molecule has 8 nitrogen and oxygen atoms in total. The van der Waals surface area contributed by atoms with Gasteiger partial charge >= 0.3 is 12.0 Å². The Bertz CT molecular complexity index is 552. The summed E-state index contributed by atoms with van der Waals surface area (Å²) in [5.74, 6) is -1.00. The summed E-state index contributed by atoms with van der Waals surface area (Å²) < 4.78 is 4.96. The quantitative estimate of drug-likeness (QED) is 0.621. The SMILES string of the molecule is COc1cc(NC(=O)N2CC(O)C(O)C2)ccc1C(=O)O. The number of hydrogen-bond donors (Lipinski definition) is 4. The van der Waals surface area contributed by atoms with Crippen molar-refractivity contribution >= 4 is 17.7 Å². The van der Waals surface area contributed by atoms with E-state index in [9.17, 15) is 19.8 Å². The molecule has 2 rings (SSSR count). The second-order valence-corrected chi connectivity index (χ2v) is 4.69. The molecule has 2 amide bonds. The molecule has 1 aromatic carbocycles. The van der Waals surface area contributed by atoms with Gasteiger partial charge in [0.25, 0.3) is 0 Å². The Hall–Kier alpha value is -2.32. The zero-order valence-electron chi connectivity index (χ0n) is 11.3. The molecule has 0 saturated carbocycles. The molecule has 0 spiro atoms. The fraction of sp³-hybridized carbons (Fsp3) is 0.385. The molecule has 0 aliphatic carbocycles. The van der Waals surface area contributed by atoms with Crippen molar-refractivity contribution in [3.8, 4) is 5.75 Å². The lowest BCUT2D eigenvalue weighted by Crippen LogP contribution is -2.33. The van der Waals surface area contributed by atoms with Crippen molar-refractivity contribution < 1.29 is 29.6 Å². The van der Waals surface area contributed by atoms with E-state index in [-0.39, 0.29) is 24.4 Å². The summed E-state index contributed by atoms with van der Waals surface area (Å²) in [4.78, 5) is 24.2. The number of amides is 2. The lowest BCUT2D eigenvalue weighted by atomic mass is 10.2. The summed E-state index contributed by atoms with van der Waals surface area (Å²) in [7, 11) is 1.33. The molecule has 8 heteroatoms. The number of nitrogens with one attached hydrogen (secondary N) is 1. The molecule has 1 heterocycles. The number of rotatable bonds is 3. The van der Waals surface area contributed by atoms with E-state index in [1.165, 1.54) is 30.2 Å². The van der Waals surface area contributed by atoms with Crippen LogP contribution in [0.15, 0.2) is 18.2 Å². The van der Waals surface area contributed by atoms with Gasteiger partial charge in [0.15, 0.2) is 0 Å². The van der Waals surface area contributed by atoms with Gasteiger partial charge < -0.3 is 30.3 Å². The Kier molecular flexibility index (Phi) is 4.29. The third kappa shape index (κ3) is 3.23. The van der Waals surface area contributed by atoms with Gasteiger partial charge in [-0.05, 0) is 12.1 Å². The van der Waals surface area contributed by atoms with Gasteiger partial charge in [-0.2, -0.15) is 0 Å². The highest BCUT2D eigenvalue weighted by Gasteiger charge is 2.32.